The summed E-state index contributed by atoms with van der Waals surface area (Å²) in [5.41, 5.74) is 2.61. The van der Waals surface area contributed by atoms with Gasteiger partial charge in [-0.05, 0) is 55.1 Å². The van der Waals surface area contributed by atoms with Crippen LogP contribution in [0.5, 0.6) is 5.75 Å². The Morgan fingerprint density at radius 1 is 0.903 bits per heavy atom. The molecule has 2 aromatic carbocycles. The van der Waals surface area contributed by atoms with Crippen LogP contribution in [0.25, 0.3) is 11.1 Å². The van der Waals surface area contributed by atoms with Crippen LogP contribution < -0.4 is 10.1 Å². The fourth-order valence-electron chi connectivity index (χ4n) is 3.11. The molecule has 8 heteroatoms. The van der Waals surface area contributed by atoms with Gasteiger partial charge in [-0.15, -0.1) is 0 Å². The van der Waals surface area contributed by atoms with E-state index in [2.05, 4.69) is 20.2 Å². The van der Waals surface area contributed by atoms with Crippen LogP contribution in [0.1, 0.15) is 13.8 Å². The molecule has 3 rings (SSSR count). The molecule has 0 saturated carbocycles. The van der Waals surface area contributed by atoms with Gasteiger partial charge in [-0.2, -0.15) is 0 Å². The maximum atomic E-state index is 12.6. The summed E-state index contributed by atoms with van der Waals surface area (Å²) in [4.78, 5) is 11.1. The first kappa shape index (κ1) is 22.7. The van der Waals surface area contributed by atoms with Crippen LogP contribution in [0.2, 0.25) is 0 Å². The van der Waals surface area contributed by atoms with E-state index in [-0.39, 0.29) is 5.75 Å². The molecule has 0 amide bonds. The van der Waals surface area contributed by atoms with Gasteiger partial charge in [-0.25, -0.2) is 18.4 Å². The van der Waals surface area contributed by atoms with Crippen molar-refractivity contribution in [3.8, 4) is 16.9 Å². The summed E-state index contributed by atoms with van der Waals surface area (Å²) in [6.07, 6.45) is 3.48. The van der Waals surface area contributed by atoms with E-state index in [1.165, 1.54) is 0 Å². The predicted octanol–water partition coefficient (Wildman–Crippen LogP) is 4.01. The predicted molar refractivity (Wildman–Crippen MR) is 124 cm³/mol. The van der Waals surface area contributed by atoms with Gasteiger partial charge in [-0.1, -0.05) is 26.0 Å². The van der Waals surface area contributed by atoms with Crippen LogP contribution in [-0.2, 0) is 9.84 Å². The number of hydrogen-bond acceptors (Lipinski definition) is 7. The largest absolute Gasteiger partial charge is 0.497 e. The van der Waals surface area contributed by atoms with Gasteiger partial charge in [0.15, 0.2) is 9.84 Å². The molecular formula is C23H28N4O3S. The van der Waals surface area contributed by atoms with Gasteiger partial charge in [0.05, 0.1) is 17.8 Å². The minimum Gasteiger partial charge on any atom is -0.497 e. The molecule has 1 N–H and O–H groups in total. The van der Waals surface area contributed by atoms with E-state index in [4.69, 9.17) is 4.74 Å². The number of nitrogens with zero attached hydrogens (tertiary/aromatic N) is 3. The first-order valence-corrected chi connectivity index (χ1v) is 11.9. The number of rotatable bonds is 10. The van der Waals surface area contributed by atoms with E-state index in [1.54, 1.807) is 43.8 Å². The Bertz CT molecular complexity index is 1060. The zero-order valence-corrected chi connectivity index (χ0v) is 18.9. The lowest BCUT2D eigenvalue weighted by atomic mass is 10.1. The molecule has 0 bridgehead atoms. The van der Waals surface area contributed by atoms with Crippen molar-refractivity contribution in [2.24, 2.45) is 0 Å². The number of benzene rings is 2. The van der Waals surface area contributed by atoms with Crippen molar-refractivity contribution < 1.29 is 13.2 Å². The van der Waals surface area contributed by atoms with Crippen molar-refractivity contribution in [3.63, 3.8) is 0 Å². The maximum Gasteiger partial charge on any atom is 0.227 e. The number of nitrogens with one attached hydrogen (secondary N) is 1. The molecule has 0 aliphatic rings. The number of hydrogen-bond donors (Lipinski definition) is 1. The van der Waals surface area contributed by atoms with Crippen LogP contribution in [0.15, 0.2) is 65.8 Å². The van der Waals surface area contributed by atoms with Crippen molar-refractivity contribution in [2.75, 3.05) is 37.8 Å². The summed E-state index contributed by atoms with van der Waals surface area (Å²) < 4.78 is 30.3. The second kappa shape index (κ2) is 10.4. The van der Waals surface area contributed by atoms with Crippen LogP contribution >= 0.6 is 0 Å². The Kier molecular flexibility index (Phi) is 7.59. The van der Waals surface area contributed by atoms with E-state index in [0.29, 0.717) is 17.4 Å². The van der Waals surface area contributed by atoms with Gasteiger partial charge in [0.1, 0.15) is 5.75 Å². The van der Waals surface area contributed by atoms with Crippen LogP contribution in [0, 0.1) is 0 Å². The fourth-order valence-corrected chi connectivity index (χ4v) is 4.39. The summed E-state index contributed by atoms with van der Waals surface area (Å²) in [6, 6.07) is 14.4. The molecule has 0 unspecified atom stereocenters. The fraction of sp³-hybridized carbons (Fsp3) is 0.304. The highest BCUT2D eigenvalue weighted by Crippen LogP contribution is 2.23. The first-order valence-electron chi connectivity index (χ1n) is 10.2. The average molecular weight is 441 g/mol. The zero-order chi connectivity index (χ0) is 22.3. The van der Waals surface area contributed by atoms with Crippen molar-refractivity contribution in [3.05, 3.63) is 60.9 Å². The van der Waals surface area contributed by atoms with Gasteiger partial charge in [0, 0.05) is 30.2 Å². The lowest BCUT2D eigenvalue weighted by Crippen LogP contribution is -2.29. The molecule has 0 fully saturated rings. The Morgan fingerprint density at radius 3 is 2.06 bits per heavy atom. The van der Waals surface area contributed by atoms with Gasteiger partial charge < -0.3 is 15.0 Å². The van der Waals surface area contributed by atoms with Crippen molar-refractivity contribution in [1.82, 2.24) is 14.9 Å². The van der Waals surface area contributed by atoms with Gasteiger partial charge in [0.2, 0.25) is 5.95 Å². The highest BCUT2D eigenvalue weighted by Gasteiger charge is 2.15. The Balaban J connectivity index is 1.64. The summed E-state index contributed by atoms with van der Waals surface area (Å²) in [6.45, 7) is 6.27. The number of anilines is 2. The first-order chi connectivity index (χ1) is 14.9. The molecule has 0 atom stereocenters. The maximum absolute atomic E-state index is 12.6. The van der Waals surface area contributed by atoms with E-state index < -0.39 is 9.84 Å². The molecule has 3 aromatic rings. The third-order valence-corrected chi connectivity index (χ3v) is 6.83. The number of aromatic nitrogens is 2. The minimum atomic E-state index is -3.32. The second-order valence-corrected chi connectivity index (χ2v) is 9.13. The van der Waals surface area contributed by atoms with Crippen LogP contribution in [-0.4, -0.2) is 55.8 Å². The molecule has 1 heterocycles. The van der Waals surface area contributed by atoms with E-state index >= 15 is 0 Å². The third-order valence-electron chi connectivity index (χ3n) is 5.12. The summed E-state index contributed by atoms with van der Waals surface area (Å²) in [5, 5.41) is 3.10. The SMILES string of the molecule is CCN(CC)CCS(=O)(=O)c1ccc(Nc2ncc(-c3ccc(OC)cc3)cn2)cc1. The Labute approximate surface area is 184 Å². The van der Waals surface area contributed by atoms with Crippen molar-refractivity contribution >= 4 is 21.5 Å². The molecule has 31 heavy (non-hydrogen) atoms. The summed E-state index contributed by atoms with van der Waals surface area (Å²) in [5.74, 6) is 1.34. The third kappa shape index (κ3) is 6.02. The van der Waals surface area contributed by atoms with Gasteiger partial charge >= 0.3 is 0 Å². The summed E-state index contributed by atoms with van der Waals surface area (Å²) >= 11 is 0. The molecule has 0 radical (unpaired) electrons. The Hall–Kier alpha value is -2.97. The molecule has 0 spiro atoms. The number of ether oxygens (including phenoxy) is 1. The molecule has 1 aromatic heterocycles. The normalized spacial score (nSPS) is 11.5. The van der Waals surface area contributed by atoms with E-state index in [0.717, 1.165) is 35.7 Å². The monoisotopic (exact) mass is 440 g/mol. The second-order valence-electron chi connectivity index (χ2n) is 7.02. The van der Waals surface area contributed by atoms with E-state index in [9.17, 15) is 8.42 Å². The Morgan fingerprint density at radius 2 is 1.52 bits per heavy atom. The van der Waals surface area contributed by atoms with Gasteiger partial charge in [-0.3, -0.25) is 0 Å². The van der Waals surface area contributed by atoms with Crippen molar-refractivity contribution in [1.29, 1.82) is 0 Å². The lowest BCUT2D eigenvalue weighted by Gasteiger charge is -2.17. The number of methoxy groups -OCH3 is 1. The molecule has 164 valence electrons. The minimum absolute atomic E-state index is 0.109. The highest BCUT2D eigenvalue weighted by molar-refractivity contribution is 7.91. The van der Waals surface area contributed by atoms with Crippen LogP contribution in [0.4, 0.5) is 11.6 Å². The summed E-state index contributed by atoms with van der Waals surface area (Å²) in [7, 11) is -1.68. The molecular weight excluding hydrogens is 412 g/mol. The average Bonchev–Trinajstić information content (AvgIpc) is 2.81. The number of sulfone groups is 1. The quantitative estimate of drug-likeness (QED) is 0.510. The van der Waals surface area contributed by atoms with Gasteiger partial charge in [0.25, 0.3) is 0 Å². The molecule has 0 aliphatic carbocycles. The molecule has 0 saturated heterocycles. The smallest absolute Gasteiger partial charge is 0.227 e. The highest BCUT2D eigenvalue weighted by atomic mass is 32.2. The standard InChI is InChI=1S/C23H28N4O3S/c1-4-27(5-2)14-15-31(28,29)22-12-8-20(9-13-22)26-23-24-16-19(17-25-23)18-6-10-21(30-3)11-7-18/h6-13,16-17H,4-5,14-15H2,1-3H3,(H,24,25,26). The topological polar surface area (TPSA) is 84.4 Å². The van der Waals surface area contributed by atoms with E-state index in [1.807, 2.05) is 38.1 Å². The molecule has 7 nitrogen and oxygen atoms in total. The zero-order valence-electron chi connectivity index (χ0n) is 18.1. The van der Waals surface area contributed by atoms with Crippen molar-refractivity contribution in [2.45, 2.75) is 18.7 Å². The molecule has 0 aliphatic heterocycles. The van der Waals surface area contributed by atoms with Crippen LogP contribution in [0.3, 0.4) is 0 Å². The lowest BCUT2D eigenvalue weighted by molar-refractivity contribution is 0.321.